The van der Waals surface area contributed by atoms with Gasteiger partial charge in [-0.25, -0.2) is 0 Å². The Morgan fingerprint density at radius 2 is 1.67 bits per heavy atom. The summed E-state index contributed by atoms with van der Waals surface area (Å²) in [5.41, 5.74) is -0.00365. The molecule has 0 fully saturated rings. The maximum Gasteiger partial charge on any atom is 0.356 e. The van der Waals surface area contributed by atoms with Gasteiger partial charge in [0.25, 0.3) is 0 Å². The number of aliphatic hydroxyl groups is 2. The average Bonchev–Trinajstić information content (AvgIpc) is 2.46. The number of rotatable bonds is 5. The first-order valence-corrected chi connectivity index (χ1v) is 8.82. The minimum absolute atomic E-state index is 0.0670. The van der Waals surface area contributed by atoms with Crippen LogP contribution in [-0.4, -0.2) is 30.2 Å². The molecule has 2 rings (SSSR count). The van der Waals surface area contributed by atoms with E-state index in [-0.39, 0.29) is 12.2 Å². The Labute approximate surface area is 138 Å². The molecule has 0 saturated carbocycles. The van der Waals surface area contributed by atoms with Gasteiger partial charge in [0.05, 0.1) is 5.30 Å². The molecule has 24 heavy (non-hydrogen) atoms. The zero-order chi connectivity index (χ0) is 18.1. The maximum atomic E-state index is 11.7. The Kier molecular flexibility index (Phi) is 5.03. The van der Waals surface area contributed by atoms with E-state index in [9.17, 15) is 34.8 Å². The number of aromatic hydroxyl groups is 2. The fourth-order valence-corrected chi connectivity index (χ4v) is 3.61. The van der Waals surface area contributed by atoms with E-state index in [1.54, 1.807) is 13.0 Å². The molecule has 1 unspecified atom stereocenters. The monoisotopic (exact) mass is 354 g/mol. The van der Waals surface area contributed by atoms with Gasteiger partial charge in [-0.1, -0.05) is 19.1 Å². The summed E-state index contributed by atoms with van der Waals surface area (Å²) in [4.78, 5) is 18.9. The second-order valence-corrected chi connectivity index (χ2v) is 7.10. The van der Waals surface area contributed by atoms with Crippen LogP contribution in [0.4, 0.5) is 0 Å². The number of hydrogen-bond donors (Lipinski definition) is 6. The molecular formula is C16H19O7P. The van der Waals surface area contributed by atoms with Gasteiger partial charge in [0, 0.05) is 11.5 Å². The Hall–Kier alpha value is -1.89. The highest BCUT2D eigenvalue weighted by atomic mass is 31.2. The molecule has 7 nitrogen and oxygen atoms in total. The number of hydrogen-bond acceptors (Lipinski definition) is 5. The standard InChI is InChI=1S/C16H19O7P/c1-2-13(10-4-3-5-11(17)8-10)16(19,20)14-7-6-12(18)9-15(14)24(21,22)23/h3-9,13,17-20H,2H2,1H3,(H2,21,22,23). The summed E-state index contributed by atoms with van der Waals surface area (Å²) in [6.45, 7) is 1.67. The number of benzene rings is 2. The van der Waals surface area contributed by atoms with E-state index < -0.39 is 35.9 Å². The molecule has 0 heterocycles. The molecule has 1 atom stereocenters. The first kappa shape index (κ1) is 18.4. The van der Waals surface area contributed by atoms with Gasteiger partial charge in [0.1, 0.15) is 11.5 Å². The molecule has 0 aromatic heterocycles. The lowest BCUT2D eigenvalue weighted by Gasteiger charge is -2.33. The Morgan fingerprint density at radius 1 is 1.04 bits per heavy atom. The fourth-order valence-electron chi connectivity index (χ4n) is 2.75. The summed E-state index contributed by atoms with van der Waals surface area (Å²) in [5, 5.41) is 39.8. The second kappa shape index (κ2) is 6.55. The molecular weight excluding hydrogens is 335 g/mol. The van der Waals surface area contributed by atoms with Crippen LogP contribution in [0.5, 0.6) is 11.5 Å². The van der Waals surface area contributed by atoms with Crippen LogP contribution in [0.2, 0.25) is 0 Å². The smallest absolute Gasteiger partial charge is 0.356 e. The van der Waals surface area contributed by atoms with Crippen LogP contribution in [0.15, 0.2) is 42.5 Å². The van der Waals surface area contributed by atoms with Crippen molar-refractivity contribution >= 4 is 12.9 Å². The van der Waals surface area contributed by atoms with E-state index in [4.69, 9.17) is 0 Å². The van der Waals surface area contributed by atoms with Gasteiger partial charge in [0.2, 0.25) is 0 Å². The van der Waals surface area contributed by atoms with E-state index in [1.807, 2.05) is 0 Å². The summed E-state index contributed by atoms with van der Waals surface area (Å²) in [7, 11) is -4.86. The van der Waals surface area contributed by atoms with Gasteiger partial charge in [-0.3, -0.25) is 4.57 Å². The lowest BCUT2D eigenvalue weighted by Crippen LogP contribution is -2.37. The van der Waals surface area contributed by atoms with Gasteiger partial charge in [-0.2, -0.15) is 0 Å². The maximum absolute atomic E-state index is 11.7. The SMILES string of the molecule is CCC(c1cccc(O)c1)C(O)(O)c1ccc(O)cc1P(=O)(O)O. The minimum atomic E-state index is -4.86. The van der Waals surface area contributed by atoms with Crippen LogP contribution in [0.3, 0.4) is 0 Å². The summed E-state index contributed by atoms with van der Waals surface area (Å²) in [5.74, 6) is -4.05. The zero-order valence-electron chi connectivity index (χ0n) is 12.9. The Balaban J connectivity index is 2.63. The summed E-state index contributed by atoms with van der Waals surface area (Å²) < 4.78 is 11.7. The van der Waals surface area contributed by atoms with Crippen LogP contribution in [0.1, 0.15) is 30.4 Å². The van der Waals surface area contributed by atoms with Crippen LogP contribution >= 0.6 is 7.60 Å². The third-order valence-corrected chi connectivity index (χ3v) is 4.86. The predicted molar refractivity (Wildman–Crippen MR) is 87.0 cm³/mol. The molecule has 2 aromatic rings. The van der Waals surface area contributed by atoms with E-state index >= 15 is 0 Å². The molecule has 0 bridgehead atoms. The molecule has 8 heteroatoms. The van der Waals surface area contributed by atoms with E-state index in [1.165, 1.54) is 18.2 Å². The molecule has 0 aliphatic rings. The zero-order valence-corrected chi connectivity index (χ0v) is 13.8. The Bertz CT molecular complexity index is 782. The molecule has 2 aromatic carbocycles. The van der Waals surface area contributed by atoms with Crippen molar-refractivity contribution in [2.75, 3.05) is 0 Å². The molecule has 0 radical (unpaired) electrons. The third-order valence-electron chi connectivity index (χ3n) is 3.86. The minimum Gasteiger partial charge on any atom is -0.508 e. The van der Waals surface area contributed by atoms with Crippen molar-refractivity contribution in [3.8, 4) is 11.5 Å². The third kappa shape index (κ3) is 3.61. The topological polar surface area (TPSA) is 138 Å². The molecule has 0 aliphatic carbocycles. The van der Waals surface area contributed by atoms with Gasteiger partial charge < -0.3 is 30.2 Å². The highest BCUT2D eigenvalue weighted by Crippen LogP contribution is 2.43. The van der Waals surface area contributed by atoms with E-state index in [0.717, 1.165) is 18.2 Å². The van der Waals surface area contributed by atoms with Crippen LogP contribution < -0.4 is 5.30 Å². The lowest BCUT2D eigenvalue weighted by atomic mass is 9.84. The molecule has 6 N–H and O–H groups in total. The quantitative estimate of drug-likeness (QED) is 0.351. The second-order valence-electron chi connectivity index (χ2n) is 5.53. The van der Waals surface area contributed by atoms with Crippen LogP contribution in [-0.2, 0) is 10.4 Å². The largest absolute Gasteiger partial charge is 0.508 e. The van der Waals surface area contributed by atoms with Gasteiger partial charge in [-0.15, -0.1) is 0 Å². The van der Waals surface area contributed by atoms with Crippen molar-refractivity contribution in [1.29, 1.82) is 0 Å². The van der Waals surface area contributed by atoms with Crippen molar-refractivity contribution in [2.45, 2.75) is 25.0 Å². The summed E-state index contributed by atoms with van der Waals surface area (Å²) >= 11 is 0. The predicted octanol–water partition coefficient (Wildman–Crippen LogP) is 1.23. The van der Waals surface area contributed by atoms with E-state index in [0.29, 0.717) is 5.56 Å². The number of phenols is 2. The van der Waals surface area contributed by atoms with Crippen LogP contribution in [0.25, 0.3) is 0 Å². The van der Waals surface area contributed by atoms with Gasteiger partial charge >= 0.3 is 7.60 Å². The van der Waals surface area contributed by atoms with Crippen molar-refractivity contribution in [1.82, 2.24) is 0 Å². The fraction of sp³-hybridized carbons (Fsp3) is 0.250. The molecule has 0 aliphatic heterocycles. The lowest BCUT2D eigenvalue weighted by molar-refractivity contribution is -0.188. The summed E-state index contributed by atoms with van der Waals surface area (Å²) in [6, 6.07) is 8.88. The normalized spacial score (nSPS) is 13.7. The van der Waals surface area contributed by atoms with Crippen molar-refractivity contribution < 1.29 is 34.8 Å². The van der Waals surface area contributed by atoms with Crippen molar-refractivity contribution in [3.63, 3.8) is 0 Å². The van der Waals surface area contributed by atoms with Crippen molar-refractivity contribution in [3.05, 3.63) is 53.6 Å². The van der Waals surface area contributed by atoms with Gasteiger partial charge in [0.15, 0.2) is 5.79 Å². The van der Waals surface area contributed by atoms with E-state index in [2.05, 4.69) is 0 Å². The molecule has 0 amide bonds. The summed E-state index contributed by atoms with van der Waals surface area (Å²) in [6.07, 6.45) is 0.220. The van der Waals surface area contributed by atoms with Crippen molar-refractivity contribution in [2.24, 2.45) is 0 Å². The van der Waals surface area contributed by atoms with Gasteiger partial charge in [-0.05, 0) is 42.3 Å². The molecule has 0 saturated heterocycles. The first-order valence-electron chi connectivity index (χ1n) is 7.20. The van der Waals surface area contributed by atoms with Crippen LogP contribution in [0, 0.1) is 0 Å². The highest BCUT2D eigenvalue weighted by Gasteiger charge is 2.41. The number of phenolic OH excluding ortho intramolecular Hbond substituents is 2. The average molecular weight is 354 g/mol. The Morgan fingerprint density at radius 3 is 2.21 bits per heavy atom. The molecule has 0 spiro atoms. The molecule has 130 valence electrons. The highest BCUT2D eigenvalue weighted by molar-refractivity contribution is 7.60. The first-order chi connectivity index (χ1) is 11.1.